The van der Waals surface area contributed by atoms with Crippen LogP contribution < -0.4 is 11.5 Å². The zero-order chi connectivity index (χ0) is 9.26. The number of hydrogen-bond donors (Lipinski definition) is 2. The Kier molecular flexibility index (Phi) is 3.36. The van der Waals surface area contributed by atoms with Crippen molar-refractivity contribution >= 4 is 24.1 Å². The monoisotopic (exact) mass is 211 g/mol. The maximum absolute atomic E-state index is 5.30. The predicted octanol–water partition coefficient (Wildman–Crippen LogP) is 1.50. The number of benzene rings is 1. The molecule has 1 aromatic carbocycles. The van der Waals surface area contributed by atoms with Gasteiger partial charge in [-0.2, -0.15) is 0 Å². The van der Waals surface area contributed by atoms with E-state index in [9.17, 15) is 0 Å². The number of rotatable bonds is 1. The fourth-order valence-corrected chi connectivity index (χ4v) is 1.78. The highest BCUT2D eigenvalue weighted by Gasteiger charge is 2.10. The van der Waals surface area contributed by atoms with E-state index in [-0.39, 0.29) is 18.4 Å². The molecule has 2 rings (SSSR count). The van der Waals surface area contributed by atoms with Gasteiger partial charge in [-0.05, 0) is 42.5 Å². The van der Waals surface area contributed by atoms with Gasteiger partial charge in [-0.25, -0.2) is 4.99 Å². The van der Waals surface area contributed by atoms with Crippen LogP contribution >= 0.6 is 12.4 Å². The van der Waals surface area contributed by atoms with Crippen LogP contribution in [0.25, 0.3) is 0 Å². The Morgan fingerprint density at radius 1 is 1.14 bits per heavy atom. The lowest BCUT2D eigenvalue weighted by Crippen LogP contribution is -2.21. The van der Waals surface area contributed by atoms with Crippen molar-refractivity contribution in [3.63, 3.8) is 0 Å². The molecule has 0 saturated carbocycles. The average molecular weight is 212 g/mol. The zero-order valence-corrected chi connectivity index (χ0v) is 8.68. The number of hydrogen-bond acceptors (Lipinski definition) is 1. The third-order valence-corrected chi connectivity index (χ3v) is 2.34. The summed E-state index contributed by atoms with van der Waals surface area (Å²) >= 11 is 0. The van der Waals surface area contributed by atoms with Crippen molar-refractivity contribution in [2.45, 2.75) is 19.3 Å². The Morgan fingerprint density at radius 2 is 1.86 bits per heavy atom. The van der Waals surface area contributed by atoms with Crippen LogP contribution in [0.3, 0.4) is 0 Å². The second-order valence-electron chi connectivity index (χ2n) is 3.34. The molecule has 0 aromatic heterocycles. The fraction of sp³-hybridized carbons (Fsp3) is 0.300. The third-order valence-electron chi connectivity index (χ3n) is 2.34. The molecule has 4 heteroatoms. The van der Waals surface area contributed by atoms with Gasteiger partial charge in [0.15, 0.2) is 5.96 Å². The van der Waals surface area contributed by atoms with Crippen molar-refractivity contribution in [3.05, 3.63) is 29.3 Å². The largest absolute Gasteiger partial charge is 0.370 e. The molecule has 0 amide bonds. The van der Waals surface area contributed by atoms with E-state index in [2.05, 4.69) is 17.1 Å². The van der Waals surface area contributed by atoms with Gasteiger partial charge in [0, 0.05) is 0 Å². The number of nitrogens with two attached hydrogens (primary N) is 2. The quantitative estimate of drug-likeness (QED) is 0.546. The molecule has 76 valence electrons. The Hall–Kier alpha value is -1.22. The lowest BCUT2D eigenvalue weighted by atomic mass is 10.1. The van der Waals surface area contributed by atoms with Crippen LogP contribution in [-0.2, 0) is 12.8 Å². The molecule has 0 heterocycles. The lowest BCUT2D eigenvalue weighted by Gasteiger charge is -2.00. The van der Waals surface area contributed by atoms with Crippen molar-refractivity contribution in [2.24, 2.45) is 16.5 Å². The summed E-state index contributed by atoms with van der Waals surface area (Å²) in [6.45, 7) is 0. The topological polar surface area (TPSA) is 64.4 Å². The van der Waals surface area contributed by atoms with Crippen molar-refractivity contribution in [1.82, 2.24) is 0 Å². The van der Waals surface area contributed by atoms with Gasteiger partial charge in [0.2, 0.25) is 0 Å². The van der Waals surface area contributed by atoms with Gasteiger partial charge in [-0.15, -0.1) is 12.4 Å². The van der Waals surface area contributed by atoms with E-state index in [0.29, 0.717) is 0 Å². The number of guanidine groups is 1. The van der Waals surface area contributed by atoms with Crippen LogP contribution in [0, 0.1) is 0 Å². The third kappa shape index (κ3) is 2.17. The lowest BCUT2D eigenvalue weighted by molar-refractivity contribution is 0.912. The van der Waals surface area contributed by atoms with Crippen LogP contribution in [0.15, 0.2) is 23.2 Å². The van der Waals surface area contributed by atoms with E-state index in [1.807, 2.05) is 6.07 Å². The average Bonchev–Trinajstić information content (AvgIpc) is 2.49. The predicted molar refractivity (Wildman–Crippen MR) is 61.2 cm³/mol. The molecule has 0 spiro atoms. The minimum Gasteiger partial charge on any atom is -0.370 e. The van der Waals surface area contributed by atoms with Gasteiger partial charge in [0.25, 0.3) is 0 Å². The molecule has 0 aliphatic heterocycles. The second-order valence-corrected chi connectivity index (χ2v) is 3.34. The van der Waals surface area contributed by atoms with E-state index < -0.39 is 0 Å². The van der Waals surface area contributed by atoms with E-state index in [4.69, 9.17) is 11.5 Å². The van der Waals surface area contributed by atoms with Gasteiger partial charge in [0.1, 0.15) is 0 Å². The molecule has 0 atom stereocenters. The van der Waals surface area contributed by atoms with E-state index in [0.717, 1.165) is 12.1 Å². The molecule has 1 aliphatic rings. The molecule has 14 heavy (non-hydrogen) atoms. The summed E-state index contributed by atoms with van der Waals surface area (Å²) < 4.78 is 0. The normalized spacial score (nSPS) is 12.9. The van der Waals surface area contributed by atoms with Crippen LogP contribution in [0.4, 0.5) is 5.69 Å². The first-order valence-corrected chi connectivity index (χ1v) is 4.47. The smallest absolute Gasteiger partial charge is 0.191 e. The van der Waals surface area contributed by atoms with Crippen molar-refractivity contribution in [1.29, 1.82) is 0 Å². The van der Waals surface area contributed by atoms with E-state index >= 15 is 0 Å². The minimum absolute atomic E-state index is 0. The summed E-state index contributed by atoms with van der Waals surface area (Å²) in [7, 11) is 0. The summed E-state index contributed by atoms with van der Waals surface area (Å²) in [5, 5.41) is 0. The molecule has 0 saturated heterocycles. The maximum atomic E-state index is 5.30. The number of nitrogens with zero attached hydrogens (tertiary/aromatic N) is 1. The summed E-state index contributed by atoms with van der Waals surface area (Å²) in [6, 6.07) is 6.15. The summed E-state index contributed by atoms with van der Waals surface area (Å²) in [5.41, 5.74) is 14.3. The summed E-state index contributed by atoms with van der Waals surface area (Å²) in [4.78, 5) is 4.01. The summed E-state index contributed by atoms with van der Waals surface area (Å²) in [5.74, 6) is 0.123. The van der Waals surface area contributed by atoms with Crippen LogP contribution in [0.1, 0.15) is 17.5 Å². The van der Waals surface area contributed by atoms with Crippen LogP contribution in [0.2, 0.25) is 0 Å². The number of aryl methyl sites for hydroxylation is 2. The molecule has 1 aromatic rings. The number of aliphatic imine (C=N–C) groups is 1. The summed E-state index contributed by atoms with van der Waals surface area (Å²) in [6.07, 6.45) is 3.60. The fourth-order valence-electron chi connectivity index (χ4n) is 1.78. The molecule has 0 fully saturated rings. The maximum Gasteiger partial charge on any atom is 0.191 e. The number of halogens is 1. The molecule has 1 aliphatic carbocycles. The van der Waals surface area contributed by atoms with E-state index in [1.165, 1.54) is 24.0 Å². The van der Waals surface area contributed by atoms with Crippen molar-refractivity contribution in [2.75, 3.05) is 0 Å². The van der Waals surface area contributed by atoms with Gasteiger partial charge >= 0.3 is 0 Å². The second kappa shape index (κ2) is 4.33. The van der Waals surface area contributed by atoms with Crippen molar-refractivity contribution < 1.29 is 0 Å². The van der Waals surface area contributed by atoms with Gasteiger partial charge in [-0.1, -0.05) is 6.07 Å². The minimum atomic E-state index is 0. The first-order chi connectivity index (χ1) is 6.25. The highest BCUT2D eigenvalue weighted by atomic mass is 35.5. The Balaban J connectivity index is 0.000000980. The first kappa shape index (κ1) is 10.9. The van der Waals surface area contributed by atoms with Gasteiger partial charge < -0.3 is 11.5 Å². The molecular formula is C10H14ClN3. The molecular weight excluding hydrogens is 198 g/mol. The standard InChI is InChI=1S/C10H13N3.ClH/c11-10(12)13-9-5-4-7-2-1-3-8(7)6-9;/h4-6H,1-3H2,(H4,11,12,13);1H. The van der Waals surface area contributed by atoms with Gasteiger partial charge in [-0.3, -0.25) is 0 Å². The van der Waals surface area contributed by atoms with E-state index in [1.54, 1.807) is 0 Å². The molecule has 0 bridgehead atoms. The van der Waals surface area contributed by atoms with Crippen LogP contribution in [0.5, 0.6) is 0 Å². The van der Waals surface area contributed by atoms with Gasteiger partial charge in [0.05, 0.1) is 5.69 Å². The molecule has 0 unspecified atom stereocenters. The Morgan fingerprint density at radius 3 is 2.57 bits per heavy atom. The number of fused-ring (bicyclic) bond motifs is 1. The SMILES string of the molecule is Cl.NC(N)=Nc1ccc2c(c1)CCC2. The first-order valence-electron chi connectivity index (χ1n) is 4.47. The highest BCUT2D eigenvalue weighted by Crippen LogP contribution is 2.25. The highest BCUT2D eigenvalue weighted by molar-refractivity contribution is 5.85. The molecule has 4 N–H and O–H groups in total. The molecule has 0 radical (unpaired) electrons. The molecule has 3 nitrogen and oxygen atoms in total. The Labute approximate surface area is 89.6 Å². The van der Waals surface area contributed by atoms with Crippen LogP contribution in [-0.4, -0.2) is 5.96 Å². The zero-order valence-electron chi connectivity index (χ0n) is 7.86. The van der Waals surface area contributed by atoms with Crippen molar-refractivity contribution in [3.8, 4) is 0 Å². The Bertz CT molecular complexity index is 356.